The van der Waals surface area contributed by atoms with Gasteiger partial charge >= 0.3 is 0 Å². The average Bonchev–Trinajstić information content (AvgIpc) is 2.59. The fourth-order valence-corrected chi connectivity index (χ4v) is 5.41. The van der Waals surface area contributed by atoms with Gasteiger partial charge < -0.3 is 9.80 Å². The van der Waals surface area contributed by atoms with Gasteiger partial charge in [0, 0.05) is 30.6 Å². The van der Waals surface area contributed by atoms with Crippen molar-refractivity contribution in [1.29, 1.82) is 0 Å². The van der Waals surface area contributed by atoms with Crippen LogP contribution in [0.1, 0.15) is 53.1 Å². The maximum absolute atomic E-state index is 13.1. The second kappa shape index (κ2) is 5.89. The first-order valence-corrected chi connectivity index (χ1v) is 8.96. The van der Waals surface area contributed by atoms with E-state index in [9.17, 15) is 4.79 Å². The highest BCUT2D eigenvalue weighted by Gasteiger charge is 2.43. The number of hydrogen-bond donors (Lipinski definition) is 0. The van der Waals surface area contributed by atoms with Crippen molar-refractivity contribution < 1.29 is 4.79 Å². The molecule has 6 rings (SSSR count). The zero-order valence-corrected chi connectivity index (χ0v) is 15.3. The molecular formula is C19H25BrN2O. The number of amides is 1. The highest BCUT2D eigenvalue weighted by molar-refractivity contribution is 8.93. The van der Waals surface area contributed by atoms with Crippen molar-refractivity contribution in [3.05, 3.63) is 34.9 Å². The number of nitrogens with zero attached hydrogens (tertiary/aromatic N) is 2. The number of halogens is 1. The lowest BCUT2D eigenvalue weighted by Crippen LogP contribution is -2.60. The molecule has 0 radical (unpaired) electrons. The molecule has 0 N–H and O–H groups in total. The van der Waals surface area contributed by atoms with Crippen LogP contribution in [0.5, 0.6) is 0 Å². The van der Waals surface area contributed by atoms with Crippen LogP contribution in [0, 0.1) is 5.92 Å². The van der Waals surface area contributed by atoms with Crippen molar-refractivity contribution in [3.8, 4) is 0 Å². The number of aryl methyl sites for hydroxylation is 1. The van der Waals surface area contributed by atoms with E-state index in [4.69, 9.17) is 0 Å². The molecule has 4 heteroatoms. The normalized spacial score (nSPS) is 34.8. The molecule has 0 unspecified atom stereocenters. The standard InChI is InChI=1S/C19H24N2O.BrH/c22-19-16-6-2-4-14-3-1-5-15(18(14)16)11-21(19)17-12-20-9-7-13(17)8-10-20;/h2,4,6,13,15,17H,1,3,5,7-12H2;1H/t15-,17-;/m1./s1. The van der Waals surface area contributed by atoms with Gasteiger partial charge in [0.05, 0.1) is 0 Å². The number of rotatable bonds is 1. The Morgan fingerprint density at radius 2 is 1.87 bits per heavy atom. The number of carbonyl (C=O) groups is 1. The molecule has 1 aliphatic carbocycles. The molecule has 5 aliphatic rings. The van der Waals surface area contributed by atoms with Crippen molar-refractivity contribution in [1.82, 2.24) is 9.80 Å². The van der Waals surface area contributed by atoms with Crippen LogP contribution in [0.25, 0.3) is 0 Å². The summed E-state index contributed by atoms with van der Waals surface area (Å²) in [6.07, 6.45) is 6.27. The summed E-state index contributed by atoms with van der Waals surface area (Å²) in [6, 6.07) is 6.87. The Kier molecular flexibility index (Phi) is 4.01. The molecule has 0 saturated carbocycles. The number of carbonyl (C=O) groups excluding carboxylic acids is 1. The Morgan fingerprint density at radius 3 is 2.61 bits per heavy atom. The molecule has 3 fully saturated rings. The quantitative estimate of drug-likeness (QED) is 0.750. The highest BCUT2D eigenvalue weighted by atomic mass is 79.9. The summed E-state index contributed by atoms with van der Waals surface area (Å²) in [5.41, 5.74) is 3.86. The third-order valence-corrected chi connectivity index (χ3v) is 6.53. The Balaban J connectivity index is 0.00000135. The van der Waals surface area contributed by atoms with Gasteiger partial charge in [0.1, 0.15) is 0 Å². The summed E-state index contributed by atoms with van der Waals surface area (Å²) in [4.78, 5) is 18.0. The van der Waals surface area contributed by atoms with E-state index < -0.39 is 0 Å². The van der Waals surface area contributed by atoms with Gasteiger partial charge in [-0.05, 0) is 68.3 Å². The van der Waals surface area contributed by atoms with Gasteiger partial charge in [-0.1, -0.05) is 12.1 Å². The Hall–Kier alpha value is -0.870. The third kappa shape index (κ3) is 2.37. The van der Waals surface area contributed by atoms with E-state index >= 15 is 0 Å². The van der Waals surface area contributed by atoms with Crippen molar-refractivity contribution >= 4 is 22.9 Å². The first-order chi connectivity index (χ1) is 10.8. The number of fused-ring (bicyclic) bond motifs is 3. The molecule has 1 aromatic rings. The predicted molar refractivity (Wildman–Crippen MR) is 96.4 cm³/mol. The fraction of sp³-hybridized carbons (Fsp3) is 0.632. The van der Waals surface area contributed by atoms with Crippen LogP contribution in [-0.2, 0) is 6.42 Å². The molecule has 3 saturated heterocycles. The van der Waals surface area contributed by atoms with E-state index in [1.165, 1.54) is 49.9 Å². The van der Waals surface area contributed by atoms with Crippen LogP contribution < -0.4 is 0 Å². The molecule has 4 aliphatic heterocycles. The Morgan fingerprint density at radius 1 is 1.04 bits per heavy atom. The molecule has 3 nitrogen and oxygen atoms in total. The van der Waals surface area contributed by atoms with Gasteiger partial charge in [-0.15, -0.1) is 17.0 Å². The van der Waals surface area contributed by atoms with Crippen molar-refractivity contribution in [3.63, 3.8) is 0 Å². The lowest BCUT2D eigenvalue weighted by Gasteiger charge is -2.51. The molecule has 23 heavy (non-hydrogen) atoms. The number of benzene rings is 1. The topological polar surface area (TPSA) is 23.6 Å². The predicted octanol–water partition coefficient (Wildman–Crippen LogP) is 3.23. The second-order valence-corrected chi connectivity index (χ2v) is 7.63. The molecule has 124 valence electrons. The van der Waals surface area contributed by atoms with E-state index in [1.807, 2.05) is 0 Å². The number of hydrogen-bond acceptors (Lipinski definition) is 2. The smallest absolute Gasteiger partial charge is 0.254 e. The van der Waals surface area contributed by atoms with Gasteiger partial charge in [-0.25, -0.2) is 0 Å². The monoisotopic (exact) mass is 376 g/mol. The first-order valence-electron chi connectivity index (χ1n) is 8.96. The Bertz CT molecular complexity index is 624. The molecular weight excluding hydrogens is 352 g/mol. The van der Waals surface area contributed by atoms with Gasteiger partial charge in [-0.2, -0.15) is 0 Å². The summed E-state index contributed by atoms with van der Waals surface area (Å²) >= 11 is 0. The van der Waals surface area contributed by atoms with E-state index in [-0.39, 0.29) is 17.0 Å². The summed E-state index contributed by atoms with van der Waals surface area (Å²) in [5.74, 6) is 1.64. The number of piperidine rings is 3. The summed E-state index contributed by atoms with van der Waals surface area (Å²) in [6.45, 7) is 4.57. The SMILES string of the molecule is Br.O=C1c2cccc3c2[C@H](CCC3)CN1[C@@H]1CN2CCC1CC2. The zero-order valence-electron chi connectivity index (χ0n) is 13.5. The molecule has 4 heterocycles. The third-order valence-electron chi connectivity index (χ3n) is 6.53. The molecule has 2 atom stereocenters. The molecule has 1 amide bonds. The van der Waals surface area contributed by atoms with Gasteiger partial charge in [-0.3, -0.25) is 4.79 Å². The van der Waals surface area contributed by atoms with E-state index in [0.29, 0.717) is 17.9 Å². The van der Waals surface area contributed by atoms with E-state index in [2.05, 4.69) is 28.0 Å². The lowest BCUT2D eigenvalue weighted by atomic mass is 9.75. The van der Waals surface area contributed by atoms with E-state index in [0.717, 1.165) is 31.0 Å². The van der Waals surface area contributed by atoms with Crippen LogP contribution in [-0.4, -0.2) is 47.9 Å². The van der Waals surface area contributed by atoms with Gasteiger partial charge in [0.15, 0.2) is 0 Å². The van der Waals surface area contributed by atoms with Crippen molar-refractivity contribution in [2.75, 3.05) is 26.2 Å². The maximum atomic E-state index is 13.1. The van der Waals surface area contributed by atoms with Crippen LogP contribution in [0.15, 0.2) is 18.2 Å². The van der Waals surface area contributed by atoms with Gasteiger partial charge in [0.25, 0.3) is 5.91 Å². The Labute approximate surface area is 148 Å². The first kappa shape index (κ1) is 15.6. The van der Waals surface area contributed by atoms with Crippen LogP contribution in [0.3, 0.4) is 0 Å². The summed E-state index contributed by atoms with van der Waals surface area (Å²) in [5, 5.41) is 0. The highest BCUT2D eigenvalue weighted by Crippen LogP contribution is 2.41. The van der Waals surface area contributed by atoms with Crippen molar-refractivity contribution in [2.45, 2.75) is 44.1 Å². The fourth-order valence-electron chi connectivity index (χ4n) is 5.41. The van der Waals surface area contributed by atoms with Crippen molar-refractivity contribution in [2.24, 2.45) is 5.92 Å². The molecule has 2 bridgehead atoms. The van der Waals surface area contributed by atoms with Crippen LogP contribution in [0.4, 0.5) is 0 Å². The zero-order chi connectivity index (χ0) is 14.7. The minimum absolute atomic E-state index is 0. The minimum atomic E-state index is 0. The van der Waals surface area contributed by atoms with E-state index in [1.54, 1.807) is 0 Å². The lowest BCUT2D eigenvalue weighted by molar-refractivity contribution is 0.00258. The average molecular weight is 377 g/mol. The summed E-state index contributed by atoms with van der Waals surface area (Å²) < 4.78 is 0. The second-order valence-electron chi connectivity index (χ2n) is 7.63. The van der Waals surface area contributed by atoms with Gasteiger partial charge in [0.2, 0.25) is 0 Å². The molecule has 1 aromatic carbocycles. The van der Waals surface area contributed by atoms with Crippen LogP contribution in [0.2, 0.25) is 0 Å². The molecule has 0 aromatic heterocycles. The maximum Gasteiger partial charge on any atom is 0.254 e. The minimum Gasteiger partial charge on any atom is -0.333 e. The molecule has 0 spiro atoms. The summed E-state index contributed by atoms with van der Waals surface area (Å²) in [7, 11) is 0. The largest absolute Gasteiger partial charge is 0.333 e. The van der Waals surface area contributed by atoms with Crippen LogP contribution >= 0.6 is 17.0 Å².